The average molecular weight is 261 g/mol. The monoisotopic (exact) mass is 261 g/mol. The fourth-order valence-corrected chi connectivity index (χ4v) is 1.73. The third-order valence-electron chi connectivity index (χ3n) is 2.47. The van der Waals surface area contributed by atoms with Crippen molar-refractivity contribution in [1.29, 1.82) is 0 Å². The van der Waals surface area contributed by atoms with Crippen molar-refractivity contribution in [1.82, 2.24) is 4.90 Å². The molecule has 102 valence electrons. The molecule has 0 bridgehead atoms. The van der Waals surface area contributed by atoms with Gasteiger partial charge in [-0.1, -0.05) is 17.9 Å². The van der Waals surface area contributed by atoms with Gasteiger partial charge in [0, 0.05) is 6.54 Å². The normalized spacial score (nSPS) is 9.89. The second kappa shape index (κ2) is 7.41. The molecule has 4 N–H and O–H groups in total. The van der Waals surface area contributed by atoms with Crippen molar-refractivity contribution in [3.63, 3.8) is 0 Å². The van der Waals surface area contributed by atoms with Gasteiger partial charge in [0.1, 0.15) is 5.75 Å². The van der Waals surface area contributed by atoms with E-state index in [2.05, 4.69) is 11.8 Å². The van der Waals surface area contributed by atoms with Crippen molar-refractivity contribution in [3.05, 3.63) is 29.3 Å². The summed E-state index contributed by atoms with van der Waals surface area (Å²) < 4.78 is 5.24. The standard InChI is InChI=1S/C14H19N3O2/c1-17(10-14(16)18)9-11-5-6-13(19-2)12(8-11)4-3-7-15/h5-6,8H,7,9-10,15H2,1-2H3,(H2,16,18). The molecule has 0 fully saturated rings. The van der Waals surface area contributed by atoms with E-state index in [-0.39, 0.29) is 12.5 Å². The second-order valence-corrected chi connectivity index (χ2v) is 4.18. The number of amides is 1. The van der Waals surface area contributed by atoms with Crippen LogP contribution < -0.4 is 16.2 Å². The highest BCUT2D eigenvalue weighted by atomic mass is 16.5. The molecule has 0 radical (unpaired) electrons. The number of likely N-dealkylation sites (N-methyl/N-ethyl adjacent to an activating group) is 1. The SMILES string of the molecule is COc1ccc(CN(C)CC(N)=O)cc1C#CCN. The molecule has 0 aliphatic rings. The van der Waals surface area contributed by atoms with Crippen LogP contribution in [-0.4, -0.2) is 38.1 Å². The first kappa shape index (κ1) is 15.0. The van der Waals surface area contributed by atoms with Crippen LogP contribution in [0.5, 0.6) is 5.75 Å². The van der Waals surface area contributed by atoms with Gasteiger partial charge in [-0.15, -0.1) is 0 Å². The van der Waals surface area contributed by atoms with Crippen LogP contribution in [-0.2, 0) is 11.3 Å². The molecule has 0 spiro atoms. The first-order valence-electron chi connectivity index (χ1n) is 5.89. The lowest BCUT2D eigenvalue weighted by Crippen LogP contribution is -2.30. The Hall–Kier alpha value is -2.03. The van der Waals surface area contributed by atoms with Crippen molar-refractivity contribution in [2.75, 3.05) is 27.2 Å². The highest BCUT2D eigenvalue weighted by Gasteiger charge is 2.06. The lowest BCUT2D eigenvalue weighted by Gasteiger charge is -2.15. The molecular weight excluding hydrogens is 242 g/mol. The Balaban J connectivity index is 2.88. The van der Waals surface area contributed by atoms with Crippen LogP contribution in [0, 0.1) is 11.8 Å². The summed E-state index contributed by atoms with van der Waals surface area (Å²) in [6, 6.07) is 5.72. The maximum atomic E-state index is 10.8. The van der Waals surface area contributed by atoms with Crippen molar-refractivity contribution >= 4 is 5.91 Å². The van der Waals surface area contributed by atoms with Crippen molar-refractivity contribution < 1.29 is 9.53 Å². The minimum absolute atomic E-state index is 0.218. The van der Waals surface area contributed by atoms with E-state index in [4.69, 9.17) is 16.2 Å². The molecule has 1 rings (SSSR count). The molecule has 0 saturated carbocycles. The van der Waals surface area contributed by atoms with Gasteiger partial charge in [-0.05, 0) is 24.7 Å². The van der Waals surface area contributed by atoms with Crippen LogP contribution in [0.4, 0.5) is 0 Å². The van der Waals surface area contributed by atoms with Gasteiger partial charge >= 0.3 is 0 Å². The topological polar surface area (TPSA) is 81.6 Å². The van der Waals surface area contributed by atoms with Crippen LogP contribution in [0.3, 0.4) is 0 Å². The summed E-state index contributed by atoms with van der Waals surface area (Å²) in [5, 5.41) is 0. The number of carbonyl (C=O) groups excluding carboxylic acids is 1. The highest BCUT2D eigenvalue weighted by Crippen LogP contribution is 2.19. The summed E-state index contributed by atoms with van der Waals surface area (Å²) in [4.78, 5) is 12.7. The summed E-state index contributed by atoms with van der Waals surface area (Å²) >= 11 is 0. The predicted octanol–water partition coefficient (Wildman–Crippen LogP) is -0.0775. The number of nitrogens with two attached hydrogens (primary N) is 2. The van der Waals surface area contributed by atoms with E-state index in [9.17, 15) is 4.79 Å². The second-order valence-electron chi connectivity index (χ2n) is 4.18. The van der Waals surface area contributed by atoms with Gasteiger partial charge in [-0.2, -0.15) is 0 Å². The van der Waals surface area contributed by atoms with E-state index in [1.807, 2.05) is 30.1 Å². The maximum absolute atomic E-state index is 10.8. The quantitative estimate of drug-likeness (QED) is 0.727. The number of carbonyl (C=O) groups is 1. The number of nitrogens with zero attached hydrogens (tertiary/aromatic N) is 1. The Morgan fingerprint density at radius 3 is 2.79 bits per heavy atom. The van der Waals surface area contributed by atoms with Crippen molar-refractivity contribution in [2.24, 2.45) is 11.5 Å². The van der Waals surface area contributed by atoms with Crippen LogP contribution in [0.2, 0.25) is 0 Å². The van der Waals surface area contributed by atoms with E-state index < -0.39 is 0 Å². The maximum Gasteiger partial charge on any atom is 0.231 e. The van der Waals surface area contributed by atoms with Gasteiger partial charge in [-0.3, -0.25) is 9.69 Å². The molecule has 1 aromatic carbocycles. The third kappa shape index (κ3) is 5.00. The zero-order chi connectivity index (χ0) is 14.3. The first-order chi connectivity index (χ1) is 9.06. The molecule has 1 aromatic rings. The lowest BCUT2D eigenvalue weighted by molar-refractivity contribution is -0.118. The van der Waals surface area contributed by atoms with Gasteiger partial charge < -0.3 is 16.2 Å². The molecule has 0 aromatic heterocycles. The molecule has 0 heterocycles. The Labute approximate surface area is 113 Å². The number of methoxy groups -OCH3 is 1. The van der Waals surface area contributed by atoms with Crippen LogP contribution in [0.1, 0.15) is 11.1 Å². The highest BCUT2D eigenvalue weighted by molar-refractivity contribution is 5.75. The Bertz CT molecular complexity index is 503. The van der Waals surface area contributed by atoms with E-state index >= 15 is 0 Å². The number of primary amides is 1. The first-order valence-corrected chi connectivity index (χ1v) is 5.89. The zero-order valence-corrected chi connectivity index (χ0v) is 11.3. The van der Waals surface area contributed by atoms with Crippen LogP contribution >= 0.6 is 0 Å². The largest absolute Gasteiger partial charge is 0.495 e. The van der Waals surface area contributed by atoms with Gasteiger partial charge in [0.05, 0.1) is 25.8 Å². The molecule has 19 heavy (non-hydrogen) atoms. The van der Waals surface area contributed by atoms with Crippen molar-refractivity contribution in [2.45, 2.75) is 6.54 Å². The minimum Gasteiger partial charge on any atom is -0.495 e. The Kier molecular flexibility index (Phi) is 5.86. The molecule has 0 aliphatic carbocycles. The fraction of sp³-hybridized carbons (Fsp3) is 0.357. The Morgan fingerprint density at radius 2 is 2.21 bits per heavy atom. The van der Waals surface area contributed by atoms with Crippen molar-refractivity contribution in [3.8, 4) is 17.6 Å². The summed E-state index contributed by atoms with van der Waals surface area (Å²) in [6.45, 7) is 1.13. The summed E-state index contributed by atoms with van der Waals surface area (Å²) in [5.41, 5.74) is 12.3. The molecule has 1 amide bonds. The van der Waals surface area contributed by atoms with E-state index in [0.29, 0.717) is 18.8 Å². The lowest BCUT2D eigenvalue weighted by atomic mass is 10.1. The predicted molar refractivity (Wildman–Crippen MR) is 74.5 cm³/mol. The van der Waals surface area contributed by atoms with Gasteiger partial charge in [0.25, 0.3) is 0 Å². The van der Waals surface area contributed by atoms with E-state index in [0.717, 1.165) is 11.1 Å². The number of ether oxygens (including phenoxy) is 1. The number of rotatable bonds is 5. The van der Waals surface area contributed by atoms with Crippen LogP contribution in [0.15, 0.2) is 18.2 Å². The Morgan fingerprint density at radius 1 is 1.47 bits per heavy atom. The smallest absolute Gasteiger partial charge is 0.231 e. The molecule has 5 nitrogen and oxygen atoms in total. The van der Waals surface area contributed by atoms with E-state index in [1.54, 1.807) is 7.11 Å². The number of hydrogen-bond donors (Lipinski definition) is 2. The molecule has 0 atom stereocenters. The summed E-state index contributed by atoms with van der Waals surface area (Å²) in [5.74, 6) is 6.13. The molecule has 5 heteroatoms. The molecular formula is C14H19N3O2. The average Bonchev–Trinajstić information content (AvgIpc) is 2.35. The third-order valence-corrected chi connectivity index (χ3v) is 2.47. The summed E-state index contributed by atoms with van der Waals surface area (Å²) in [7, 11) is 3.43. The van der Waals surface area contributed by atoms with E-state index in [1.165, 1.54) is 0 Å². The van der Waals surface area contributed by atoms with Gasteiger partial charge in [-0.25, -0.2) is 0 Å². The fourth-order valence-electron chi connectivity index (χ4n) is 1.73. The van der Waals surface area contributed by atoms with Gasteiger partial charge in [0.2, 0.25) is 5.91 Å². The minimum atomic E-state index is -0.348. The molecule has 0 unspecified atom stereocenters. The zero-order valence-electron chi connectivity index (χ0n) is 11.3. The van der Waals surface area contributed by atoms with Crippen LogP contribution in [0.25, 0.3) is 0 Å². The molecule has 0 aliphatic heterocycles. The van der Waals surface area contributed by atoms with Gasteiger partial charge in [0.15, 0.2) is 0 Å². The number of benzene rings is 1. The number of hydrogen-bond acceptors (Lipinski definition) is 4. The molecule has 0 saturated heterocycles. The summed E-state index contributed by atoms with van der Waals surface area (Å²) in [6.07, 6.45) is 0.